The number of ether oxygens (including phenoxy) is 1. The Kier molecular flexibility index (Phi) is 20.8. The van der Waals surface area contributed by atoms with E-state index in [1.807, 2.05) is 99.2 Å². The summed E-state index contributed by atoms with van der Waals surface area (Å²) in [7, 11) is 1.66. The number of nitrogens with zero attached hydrogens (tertiary/aromatic N) is 1. The van der Waals surface area contributed by atoms with Gasteiger partial charge >= 0.3 is 0 Å². The van der Waals surface area contributed by atoms with Gasteiger partial charge in [-0.15, -0.1) is 23.1 Å². The van der Waals surface area contributed by atoms with Crippen molar-refractivity contribution in [2.75, 3.05) is 12.9 Å². The second-order valence-electron chi connectivity index (χ2n) is 7.19. The van der Waals surface area contributed by atoms with Gasteiger partial charge in [-0.3, -0.25) is 4.98 Å². The molecule has 2 N–H and O–H groups in total. The molecule has 3 rings (SSSR count). The fourth-order valence-corrected chi connectivity index (χ4v) is 3.76. The monoisotopic (exact) mass is 522 g/mol. The summed E-state index contributed by atoms with van der Waals surface area (Å²) in [6.07, 6.45) is 13.5. The summed E-state index contributed by atoms with van der Waals surface area (Å²) in [4.78, 5) is 6.85. The summed E-state index contributed by atoms with van der Waals surface area (Å²) < 4.78 is 5.06. The predicted octanol–water partition coefficient (Wildman–Crippen LogP) is 9.16. The average Bonchev–Trinajstić information content (AvgIpc) is 3.36. The van der Waals surface area contributed by atoms with E-state index in [0.717, 1.165) is 22.8 Å². The largest absolute Gasteiger partial charge is 0.497 e. The van der Waals surface area contributed by atoms with Gasteiger partial charge in [0.25, 0.3) is 0 Å². The van der Waals surface area contributed by atoms with E-state index in [1.54, 1.807) is 36.3 Å². The topological polar surface area (TPSA) is 48.1 Å². The zero-order valence-electron chi connectivity index (χ0n) is 22.6. The lowest BCUT2D eigenvalue weighted by Gasteiger charge is -2.04. The molecule has 0 aliphatic rings. The number of hydrogen-bond donors (Lipinski definition) is 1. The molecular weight excluding hydrogens is 480 g/mol. The molecule has 0 spiro atoms. The van der Waals surface area contributed by atoms with E-state index in [-0.39, 0.29) is 0 Å². The maximum atomic E-state index is 5.52. The summed E-state index contributed by atoms with van der Waals surface area (Å²) in [6.45, 7) is 14.4. The van der Waals surface area contributed by atoms with Gasteiger partial charge in [0.1, 0.15) is 5.75 Å². The lowest BCUT2D eigenvalue weighted by molar-refractivity contribution is 0.414. The number of aryl methyl sites for hydroxylation is 2. The van der Waals surface area contributed by atoms with Gasteiger partial charge in [-0.1, -0.05) is 62.1 Å². The molecular formula is C31H42N2OS2. The molecule has 3 aromatic rings. The van der Waals surface area contributed by atoms with E-state index in [1.165, 1.54) is 15.3 Å². The van der Waals surface area contributed by atoms with Gasteiger partial charge in [0.05, 0.1) is 17.7 Å². The minimum atomic E-state index is 0.572. The number of aromatic nitrogens is 1. The first-order chi connectivity index (χ1) is 17.5. The normalized spacial score (nSPS) is 10.2. The molecule has 0 aliphatic carbocycles. The lowest BCUT2D eigenvalue weighted by atomic mass is 10.1. The Morgan fingerprint density at radius 2 is 1.75 bits per heavy atom. The molecule has 2 aromatic heterocycles. The van der Waals surface area contributed by atoms with Crippen LogP contribution in [0.5, 0.6) is 5.75 Å². The van der Waals surface area contributed by atoms with Crippen molar-refractivity contribution in [1.29, 1.82) is 0 Å². The molecule has 0 aliphatic heterocycles. The summed E-state index contributed by atoms with van der Waals surface area (Å²) >= 11 is 3.56. The van der Waals surface area contributed by atoms with Crippen LogP contribution in [0.15, 0.2) is 103 Å². The number of rotatable bonds is 7. The van der Waals surface area contributed by atoms with E-state index in [9.17, 15) is 0 Å². The highest BCUT2D eigenvalue weighted by atomic mass is 32.2. The third-order valence-corrected chi connectivity index (χ3v) is 6.11. The molecule has 0 fully saturated rings. The van der Waals surface area contributed by atoms with Crippen molar-refractivity contribution in [2.45, 2.75) is 41.2 Å². The molecule has 0 radical (unpaired) electrons. The minimum absolute atomic E-state index is 0.572. The van der Waals surface area contributed by atoms with Gasteiger partial charge in [-0.2, -0.15) is 0 Å². The number of nitrogens with two attached hydrogens (primary N) is 1. The lowest BCUT2D eigenvalue weighted by Crippen LogP contribution is -1.99. The fourth-order valence-electron chi connectivity index (χ4n) is 2.50. The van der Waals surface area contributed by atoms with Crippen molar-refractivity contribution in [3.05, 3.63) is 119 Å². The molecule has 0 saturated heterocycles. The summed E-state index contributed by atoms with van der Waals surface area (Å²) in [6, 6.07) is 16.1. The van der Waals surface area contributed by atoms with Crippen LogP contribution >= 0.6 is 23.1 Å². The number of methoxy groups -OCH3 is 1. The van der Waals surface area contributed by atoms with Crippen molar-refractivity contribution in [2.24, 2.45) is 5.73 Å². The summed E-state index contributed by atoms with van der Waals surface area (Å²) in [5.74, 6) is 2.01. The summed E-state index contributed by atoms with van der Waals surface area (Å²) in [5.41, 5.74) is 8.94. The van der Waals surface area contributed by atoms with Crippen LogP contribution in [0.2, 0.25) is 0 Å². The first-order valence-electron chi connectivity index (χ1n) is 11.9. The first kappa shape index (κ1) is 33.1. The fraction of sp³-hybridized carbons (Fsp3) is 0.258. The molecule has 0 atom stereocenters. The molecule has 36 heavy (non-hydrogen) atoms. The second kappa shape index (κ2) is 22.6. The SMILES string of the molecule is C/C=C\C=C/C.C=C/C=C\SCC.COc1ccc(C)c(CN)c1.Cc1ccc(-c2ccccn2)s1. The van der Waals surface area contributed by atoms with E-state index in [0.29, 0.717) is 6.54 Å². The number of allylic oxidation sites excluding steroid dienone is 6. The Bertz CT molecular complexity index is 1030. The Morgan fingerprint density at radius 1 is 1.03 bits per heavy atom. The molecule has 0 unspecified atom stereocenters. The number of pyridine rings is 1. The average molecular weight is 523 g/mol. The maximum Gasteiger partial charge on any atom is 0.119 e. The van der Waals surface area contributed by atoms with Crippen LogP contribution in [0.4, 0.5) is 0 Å². The van der Waals surface area contributed by atoms with Crippen LogP contribution in [0.25, 0.3) is 10.6 Å². The van der Waals surface area contributed by atoms with Gasteiger partial charge in [0.2, 0.25) is 0 Å². The molecule has 3 nitrogen and oxygen atoms in total. The van der Waals surface area contributed by atoms with E-state index in [4.69, 9.17) is 10.5 Å². The Hall–Kier alpha value is -2.86. The molecule has 5 heteroatoms. The Morgan fingerprint density at radius 3 is 2.22 bits per heavy atom. The van der Waals surface area contributed by atoms with Crippen molar-refractivity contribution < 1.29 is 4.74 Å². The van der Waals surface area contributed by atoms with Crippen molar-refractivity contribution in [3.63, 3.8) is 0 Å². The summed E-state index contributed by atoms with van der Waals surface area (Å²) in [5, 5.41) is 2.03. The second-order valence-corrected chi connectivity index (χ2v) is 9.66. The van der Waals surface area contributed by atoms with Gasteiger partial charge in [-0.25, -0.2) is 0 Å². The maximum absolute atomic E-state index is 5.52. The predicted molar refractivity (Wildman–Crippen MR) is 165 cm³/mol. The van der Waals surface area contributed by atoms with Gasteiger partial charge in [-0.05, 0) is 86.4 Å². The van der Waals surface area contributed by atoms with Crippen LogP contribution in [-0.4, -0.2) is 17.8 Å². The van der Waals surface area contributed by atoms with Crippen molar-refractivity contribution in [3.8, 4) is 16.3 Å². The van der Waals surface area contributed by atoms with Crippen LogP contribution in [0.1, 0.15) is 36.8 Å². The number of benzene rings is 1. The van der Waals surface area contributed by atoms with Crippen LogP contribution < -0.4 is 10.5 Å². The Balaban J connectivity index is 0.000000474. The van der Waals surface area contributed by atoms with Crippen LogP contribution in [0, 0.1) is 13.8 Å². The van der Waals surface area contributed by atoms with Gasteiger partial charge < -0.3 is 10.5 Å². The van der Waals surface area contributed by atoms with Crippen LogP contribution in [0.3, 0.4) is 0 Å². The van der Waals surface area contributed by atoms with E-state index in [2.05, 4.69) is 37.5 Å². The van der Waals surface area contributed by atoms with Crippen LogP contribution in [-0.2, 0) is 6.54 Å². The molecule has 2 heterocycles. The zero-order valence-corrected chi connectivity index (χ0v) is 24.2. The molecule has 194 valence electrons. The minimum Gasteiger partial charge on any atom is -0.497 e. The van der Waals surface area contributed by atoms with Gasteiger partial charge in [0.15, 0.2) is 0 Å². The van der Waals surface area contributed by atoms with Crippen molar-refractivity contribution >= 4 is 23.1 Å². The van der Waals surface area contributed by atoms with Gasteiger partial charge in [0, 0.05) is 17.6 Å². The smallest absolute Gasteiger partial charge is 0.119 e. The molecule has 1 aromatic carbocycles. The first-order valence-corrected chi connectivity index (χ1v) is 13.8. The third kappa shape index (κ3) is 15.9. The van der Waals surface area contributed by atoms with E-state index < -0.39 is 0 Å². The highest BCUT2D eigenvalue weighted by Crippen LogP contribution is 2.25. The molecule has 0 bridgehead atoms. The third-order valence-electron chi connectivity index (χ3n) is 4.41. The Labute approximate surface area is 227 Å². The zero-order chi connectivity index (χ0) is 27.0. The van der Waals surface area contributed by atoms with Crippen molar-refractivity contribution in [1.82, 2.24) is 4.98 Å². The number of thiophene rings is 1. The van der Waals surface area contributed by atoms with E-state index >= 15 is 0 Å². The number of thioether (sulfide) groups is 1. The standard InChI is InChI=1S/C10H9NS.C9H13NO.C6H10S.C6H10/c1-8-5-6-10(12-8)9-4-2-3-7-11-9;1-7-3-4-9(11-2)5-8(7)6-10;1-3-5-6-7-4-2;1-3-5-6-4-2/h2-7H,1H3;3-5H,6,10H2,1-2H3;3,5-6H,1,4H2,2H3;3-6H,1-2H3/b;;6-5-;5-3-,6-4-. The number of hydrogen-bond acceptors (Lipinski definition) is 5. The molecule has 0 saturated carbocycles. The highest BCUT2D eigenvalue weighted by Gasteiger charge is 1.99. The quantitative estimate of drug-likeness (QED) is 0.314. The highest BCUT2D eigenvalue weighted by molar-refractivity contribution is 8.02. The molecule has 0 amide bonds.